The van der Waals surface area contributed by atoms with E-state index in [-0.39, 0.29) is 6.10 Å². The second kappa shape index (κ2) is 6.95. The van der Waals surface area contributed by atoms with Crippen molar-refractivity contribution in [2.45, 2.75) is 19.4 Å². The van der Waals surface area contributed by atoms with Gasteiger partial charge >= 0.3 is 0 Å². The van der Waals surface area contributed by atoms with Gasteiger partial charge in [0, 0.05) is 11.8 Å². The Balaban J connectivity index is 2.23. The fourth-order valence-electron chi connectivity index (χ4n) is 2.16. The molecule has 2 aromatic carbocycles. The highest BCUT2D eigenvalue weighted by Gasteiger charge is 2.08. The second-order valence-corrected chi connectivity index (χ2v) is 4.55. The van der Waals surface area contributed by atoms with Gasteiger partial charge in [-0.2, -0.15) is 0 Å². The van der Waals surface area contributed by atoms with Gasteiger partial charge in [-0.1, -0.05) is 42.5 Å². The molecule has 0 aliphatic rings. The Morgan fingerprint density at radius 3 is 2.74 bits per heavy atom. The summed E-state index contributed by atoms with van der Waals surface area (Å²) in [5.41, 5.74) is 0. The van der Waals surface area contributed by atoms with Crippen molar-refractivity contribution in [1.82, 2.24) is 5.32 Å². The van der Waals surface area contributed by atoms with Gasteiger partial charge in [0.2, 0.25) is 0 Å². The van der Waals surface area contributed by atoms with Gasteiger partial charge in [0.1, 0.15) is 11.9 Å². The summed E-state index contributed by atoms with van der Waals surface area (Å²) in [5.74, 6) is 0.956. The number of benzene rings is 2. The van der Waals surface area contributed by atoms with Gasteiger partial charge in [-0.25, -0.2) is 0 Å². The Morgan fingerprint density at radius 1 is 1.16 bits per heavy atom. The van der Waals surface area contributed by atoms with E-state index in [4.69, 9.17) is 4.74 Å². The largest absolute Gasteiger partial charge is 0.486 e. The highest BCUT2D eigenvalue weighted by atomic mass is 16.5. The van der Waals surface area contributed by atoms with Crippen LogP contribution in [0.5, 0.6) is 5.75 Å². The molecule has 0 spiro atoms. The minimum atomic E-state index is 0.114. The molecule has 0 heterocycles. The van der Waals surface area contributed by atoms with E-state index < -0.39 is 0 Å². The van der Waals surface area contributed by atoms with Gasteiger partial charge in [0.25, 0.3) is 0 Å². The zero-order chi connectivity index (χ0) is 13.5. The lowest BCUT2D eigenvalue weighted by atomic mass is 10.1. The quantitative estimate of drug-likeness (QED) is 0.793. The summed E-state index contributed by atoms with van der Waals surface area (Å²) >= 11 is 0. The summed E-state index contributed by atoms with van der Waals surface area (Å²) in [4.78, 5) is 0. The van der Waals surface area contributed by atoms with Crippen molar-refractivity contribution in [1.29, 1.82) is 0 Å². The van der Waals surface area contributed by atoms with Crippen LogP contribution in [0.2, 0.25) is 0 Å². The number of ether oxygens (including phenoxy) is 1. The smallest absolute Gasteiger partial charge is 0.128 e. The van der Waals surface area contributed by atoms with Crippen molar-refractivity contribution >= 4 is 10.8 Å². The van der Waals surface area contributed by atoms with E-state index in [1.165, 1.54) is 10.8 Å². The molecule has 0 radical (unpaired) electrons. The van der Waals surface area contributed by atoms with Crippen LogP contribution in [-0.2, 0) is 0 Å². The van der Waals surface area contributed by atoms with Crippen molar-refractivity contribution < 1.29 is 4.74 Å². The third-order valence-corrected chi connectivity index (χ3v) is 3.11. The van der Waals surface area contributed by atoms with Gasteiger partial charge in [-0.05, 0) is 38.0 Å². The zero-order valence-electron chi connectivity index (χ0n) is 11.6. The molecule has 100 valence electrons. The molecule has 2 rings (SSSR count). The van der Waals surface area contributed by atoms with Crippen molar-refractivity contribution in [3.05, 3.63) is 54.6 Å². The second-order valence-electron chi connectivity index (χ2n) is 4.55. The number of nitrogens with one attached hydrogen (secondary N) is 1. The first-order chi connectivity index (χ1) is 9.35. The molecule has 2 aromatic rings. The summed E-state index contributed by atoms with van der Waals surface area (Å²) in [6.45, 7) is 2.97. The van der Waals surface area contributed by atoms with Crippen LogP contribution >= 0.6 is 0 Å². The van der Waals surface area contributed by atoms with Gasteiger partial charge in [0.15, 0.2) is 0 Å². The Hall–Kier alpha value is -1.80. The molecule has 1 unspecified atom stereocenters. The van der Waals surface area contributed by atoms with Crippen molar-refractivity contribution in [2.75, 3.05) is 13.6 Å². The summed E-state index contributed by atoms with van der Waals surface area (Å²) in [6.07, 6.45) is 5.23. The molecule has 0 fully saturated rings. The molecule has 0 amide bonds. The van der Waals surface area contributed by atoms with Gasteiger partial charge in [-0.15, -0.1) is 0 Å². The standard InChI is InChI=1S/C17H21NO/c1-3-7-15(12-13-18-2)19-17-11-6-9-14-8-4-5-10-16(14)17/h3-11,15,18H,12-13H2,1-2H3. The molecule has 0 aromatic heterocycles. The zero-order valence-corrected chi connectivity index (χ0v) is 11.6. The predicted molar refractivity (Wildman–Crippen MR) is 81.7 cm³/mol. The average molecular weight is 255 g/mol. The molecule has 0 saturated carbocycles. The Kier molecular flexibility index (Phi) is 4.99. The van der Waals surface area contributed by atoms with Crippen molar-refractivity contribution in [2.24, 2.45) is 0 Å². The number of hydrogen-bond donors (Lipinski definition) is 1. The first-order valence-electron chi connectivity index (χ1n) is 6.77. The summed E-state index contributed by atoms with van der Waals surface area (Å²) in [6, 6.07) is 14.5. The average Bonchev–Trinajstić information content (AvgIpc) is 2.45. The van der Waals surface area contributed by atoms with Gasteiger partial charge < -0.3 is 10.1 Å². The molecule has 1 atom stereocenters. The fraction of sp³-hybridized carbons (Fsp3) is 0.294. The topological polar surface area (TPSA) is 21.3 Å². The van der Waals surface area contributed by atoms with Crippen molar-refractivity contribution in [3.8, 4) is 5.75 Å². The van der Waals surface area contributed by atoms with E-state index in [0.29, 0.717) is 0 Å². The molecule has 0 aliphatic carbocycles. The normalized spacial score (nSPS) is 12.9. The lowest BCUT2D eigenvalue weighted by Crippen LogP contribution is -2.20. The van der Waals surface area contributed by atoms with Crippen LogP contribution in [0.25, 0.3) is 10.8 Å². The number of hydrogen-bond acceptors (Lipinski definition) is 2. The van der Waals surface area contributed by atoms with Crippen LogP contribution in [0.15, 0.2) is 54.6 Å². The summed E-state index contributed by atoms with van der Waals surface area (Å²) in [5, 5.41) is 5.55. The van der Waals surface area contributed by atoms with Crippen LogP contribution in [0, 0.1) is 0 Å². The molecule has 0 bridgehead atoms. The Bertz CT molecular complexity index is 542. The first-order valence-corrected chi connectivity index (χ1v) is 6.77. The first kappa shape index (κ1) is 13.6. The summed E-state index contributed by atoms with van der Waals surface area (Å²) in [7, 11) is 1.96. The van der Waals surface area contributed by atoms with Crippen molar-refractivity contribution in [3.63, 3.8) is 0 Å². The highest BCUT2D eigenvalue weighted by Crippen LogP contribution is 2.26. The minimum Gasteiger partial charge on any atom is -0.486 e. The third kappa shape index (κ3) is 3.58. The maximum absolute atomic E-state index is 6.14. The molecule has 1 N–H and O–H groups in total. The fourth-order valence-corrected chi connectivity index (χ4v) is 2.16. The van der Waals surface area contributed by atoms with Crippen LogP contribution in [0.3, 0.4) is 0 Å². The number of fused-ring (bicyclic) bond motifs is 1. The number of allylic oxidation sites excluding steroid dienone is 1. The maximum Gasteiger partial charge on any atom is 0.128 e. The molecular weight excluding hydrogens is 234 g/mol. The molecule has 2 nitrogen and oxygen atoms in total. The maximum atomic E-state index is 6.14. The SMILES string of the molecule is CC=CC(CCNC)Oc1cccc2ccccc12. The van der Waals surface area contributed by atoms with E-state index in [1.807, 2.05) is 38.2 Å². The monoisotopic (exact) mass is 255 g/mol. The third-order valence-electron chi connectivity index (χ3n) is 3.11. The predicted octanol–water partition coefficient (Wildman–Crippen LogP) is 3.77. The van der Waals surface area contributed by atoms with E-state index >= 15 is 0 Å². The molecule has 0 aliphatic heterocycles. The molecular formula is C17H21NO. The summed E-state index contributed by atoms with van der Waals surface area (Å²) < 4.78 is 6.14. The minimum absolute atomic E-state index is 0.114. The van der Waals surface area contributed by atoms with Crippen LogP contribution < -0.4 is 10.1 Å². The van der Waals surface area contributed by atoms with Gasteiger partial charge in [-0.3, -0.25) is 0 Å². The van der Waals surface area contributed by atoms with E-state index in [1.54, 1.807) is 0 Å². The van der Waals surface area contributed by atoms with E-state index in [0.717, 1.165) is 18.7 Å². The molecule has 0 saturated heterocycles. The van der Waals surface area contributed by atoms with Crippen LogP contribution in [-0.4, -0.2) is 19.7 Å². The lowest BCUT2D eigenvalue weighted by Gasteiger charge is -2.17. The van der Waals surface area contributed by atoms with E-state index in [9.17, 15) is 0 Å². The Morgan fingerprint density at radius 2 is 1.95 bits per heavy atom. The van der Waals surface area contributed by atoms with Gasteiger partial charge in [0.05, 0.1) is 0 Å². The van der Waals surface area contributed by atoms with E-state index in [2.05, 4.69) is 35.7 Å². The molecule has 19 heavy (non-hydrogen) atoms. The Labute approximate surface area is 115 Å². The lowest BCUT2D eigenvalue weighted by molar-refractivity contribution is 0.241. The highest BCUT2D eigenvalue weighted by molar-refractivity contribution is 5.88. The molecule has 2 heteroatoms. The van der Waals surface area contributed by atoms with Crippen LogP contribution in [0.1, 0.15) is 13.3 Å². The number of rotatable bonds is 6. The van der Waals surface area contributed by atoms with Crippen LogP contribution in [0.4, 0.5) is 0 Å².